The Kier molecular flexibility index (Phi) is 3.76. The number of nitrogens with zero attached hydrogens (tertiary/aromatic N) is 3. The van der Waals surface area contributed by atoms with Crippen LogP contribution in [0.15, 0.2) is 0 Å². The van der Waals surface area contributed by atoms with Crippen LogP contribution in [0.2, 0.25) is 0 Å². The molecule has 2 heterocycles. The van der Waals surface area contributed by atoms with Crippen molar-refractivity contribution in [1.29, 1.82) is 0 Å². The first kappa shape index (κ1) is 17.4. The summed E-state index contributed by atoms with van der Waals surface area (Å²) >= 11 is 0. The van der Waals surface area contributed by atoms with Crippen molar-refractivity contribution in [2.75, 3.05) is 26.2 Å². The van der Waals surface area contributed by atoms with E-state index in [4.69, 9.17) is 0 Å². The SMILES string of the molecule is O=C1C[C@H](N2CCN(C(=O)C34CC5CC(CC(C5)C3)C4)CC2)C(=O)N1C1CC1. The van der Waals surface area contributed by atoms with Crippen molar-refractivity contribution < 1.29 is 14.4 Å². The van der Waals surface area contributed by atoms with Crippen molar-refractivity contribution in [2.24, 2.45) is 23.2 Å². The van der Waals surface area contributed by atoms with E-state index in [9.17, 15) is 14.4 Å². The number of amides is 3. The second-order valence-electron chi connectivity index (χ2n) is 10.6. The van der Waals surface area contributed by atoms with Gasteiger partial charge in [0.25, 0.3) is 0 Å². The van der Waals surface area contributed by atoms with E-state index in [1.165, 1.54) is 24.2 Å². The van der Waals surface area contributed by atoms with Gasteiger partial charge in [0.2, 0.25) is 17.7 Å². The maximum Gasteiger partial charge on any atom is 0.247 e. The number of imide groups is 1. The highest BCUT2D eigenvalue weighted by molar-refractivity contribution is 6.06. The molecular weight excluding hydrogens is 354 g/mol. The molecule has 28 heavy (non-hydrogen) atoms. The average Bonchev–Trinajstić information content (AvgIpc) is 3.45. The molecule has 0 radical (unpaired) electrons. The van der Waals surface area contributed by atoms with Crippen LogP contribution < -0.4 is 0 Å². The van der Waals surface area contributed by atoms with Crippen LogP contribution in [-0.4, -0.2) is 70.7 Å². The first-order valence-electron chi connectivity index (χ1n) is 11.4. The minimum Gasteiger partial charge on any atom is -0.340 e. The molecule has 6 heteroatoms. The molecular formula is C22H31N3O3. The molecule has 5 saturated carbocycles. The largest absolute Gasteiger partial charge is 0.340 e. The molecule has 7 aliphatic rings. The molecule has 6 nitrogen and oxygen atoms in total. The predicted octanol–water partition coefficient (Wildman–Crippen LogP) is 1.64. The van der Waals surface area contributed by atoms with Crippen molar-refractivity contribution in [3.63, 3.8) is 0 Å². The Morgan fingerprint density at radius 3 is 1.96 bits per heavy atom. The molecule has 0 aromatic rings. The fourth-order valence-corrected chi connectivity index (χ4v) is 7.58. The van der Waals surface area contributed by atoms with E-state index < -0.39 is 0 Å². The van der Waals surface area contributed by atoms with Crippen LogP contribution in [0.4, 0.5) is 0 Å². The van der Waals surface area contributed by atoms with E-state index in [0.29, 0.717) is 25.4 Å². The van der Waals surface area contributed by atoms with Gasteiger partial charge in [0.05, 0.1) is 17.9 Å². The third kappa shape index (κ3) is 2.59. The summed E-state index contributed by atoms with van der Waals surface area (Å²) in [5.41, 5.74) is -0.0706. The minimum atomic E-state index is -0.287. The lowest BCUT2D eigenvalue weighted by Crippen LogP contribution is -2.59. The molecule has 5 aliphatic carbocycles. The monoisotopic (exact) mass is 385 g/mol. The van der Waals surface area contributed by atoms with Crippen molar-refractivity contribution in [1.82, 2.24) is 14.7 Å². The second-order valence-corrected chi connectivity index (χ2v) is 10.6. The van der Waals surface area contributed by atoms with Crippen LogP contribution in [0, 0.1) is 23.2 Å². The van der Waals surface area contributed by atoms with Crippen LogP contribution >= 0.6 is 0 Å². The fraction of sp³-hybridized carbons (Fsp3) is 0.864. The van der Waals surface area contributed by atoms with Crippen molar-refractivity contribution in [3.8, 4) is 0 Å². The van der Waals surface area contributed by atoms with Gasteiger partial charge in [-0.1, -0.05) is 0 Å². The molecule has 2 saturated heterocycles. The van der Waals surface area contributed by atoms with Gasteiger partial charge in [-0.05, 0) is 69.1 Å². The molecule has 7 fully saturated rings. The van der Waals surface area contributed by atoms with E-state index >= 15 is 0 Å². The number of hydrogen-bond acceptors (Lipinski definition) is 4. The maximum atomic E-state index is 13.5. The van der Waals surface area contributed by atoms with Crippen LogP contribution in [-0.2, 0) is 14.4 Å². The van der Waals surface area contributed by atoms with Crippen molar-refractivity contribution in [2.45, 2.75) is 69.9 Å². The molecule has 0 unspecified atom stereocenters. The normalized spacial score (nSPS) is 43.3. The summed E-state index contributed by atoms with van der Waals surface area (Å²) in [6, 6.07) is -0.117. The molecule has 0 aromatic heterocycles. The molecule has 152 valence electrons. The Bertz CT molecular complexity index is 687. The summed E-state index contributed by atoms with van der Waals surface area (Å²) in [6.07, 6.45) is 9.69. The lowest BCUT2D eigenvalue weighted by atomic mass is 9.49. The van der Waals surface area contributed by atoms with E-state index in [0.717, 1.165) is 62.9 Å². The number of carbonyl (C=O) groups excluding carboxylic acids is 3. The molecule has 0 N–H and O–H groups in total. The number of likely N-dealkylation sites (tertiary alicyclic amines) is 1. The van der Waals surface area contributed by atoms with Gasteiger partial charge >= 0.3 is 0 Å². The van der Waals surface area contributed by atoms with Gasteiger partial charge in [0, 0.05) is 32.2 Å². The Hall–Kier alpha value is -1.43. The maximum absolute atomic E-state index is 13.5. The lowest BCUT2D eigenvalue weighted by molar-refractivity contribution is -0.159. The summed E-state index contributed by atoms with van der Waals surface area (Å²) < 4.78 is 0. The zero-order valence-electron chi connectivity index (χ0n) is 16.6. The first-order valence-corrected chi connectivity index (χ1v) is 11.4. The van der Waals surface area contributed by atoms with Gasteiger partial charge in [0.15, 0.2) is 0 Å². The quantitative estimate of drug-likeness (QED) is 0.693. The highest BCUT2D eigenvalue weighted by Crippen LogP contribution is 2.60. The molecule has 4 bridgehead atoms. The highest BCUT2D eigenvalue weighted by Gasteiger charge is 2.56. The molecule has 3 amide bonds. The smallest absolute Gasteiger partial charge is 0.247 e. The van der Waals surface area contributed by atoms with E-state index in [2.05, 4.69) is 9.80 Å². The highest BCUT2D eigenvalue weighted by atomic mass is 16.2. The predicted molar refractivity (Wildman–Crippen MR) is 102 cm³/mol. The standard InChI is InChI=1S/C22H31N3O3/c26-19-10-18(20(27)25(19)17-1-2-17)23-3-5-24(6-4-23)21(28)22-11-14-7-15(12-22)9-16(8-14)13-22/h14-18H,1-13H2/t14?,15?,16?,18-,22?/m0/s1. The van der Waals surface area contributed by atoms with Gasteiger partial charge < -0.3 is 4.90 Å². The Morgan fingerprint density at radius 2 is 1.43 bits per heavy atom. The van der Waals surface area contributed by atoms with Gasteiger partial charge in [-0.15, -0.1) is 0 Å². The molecule has 0 aromatic carbocycles. The summed E-state index contributed by atoms with van der Waals surface area (Å²) in [7, 11) is 0. The average molecular weight is 386 g/mol. The van der Waals surface area contributed by atoms with Gasteiger partial charge in [-0.3, -0.25) is 24.2 Å². The van der Waals surface area contributed by atoms with Crippen LogP contribution in [0.5, 0.6) is 0 Å². The number of piperazine rings is 1. The molecule has 1 atom stereocenters. The zero-order chi connectivity index (χ0) is 19.0. The van der Waals surface area contributed by atoms with Crippen LogP contribution in [0.3, 0.4) is 0 Å². The Labute approximate surface area is 166 Å². The molecule has 2 aliphatic heterocycles. The van der Waals surface area contributed by atoms with E-state index in [-0.39, 0.29) is 29.3 Å². The van der Waals surface area contributed by atoms with Crippen LogP contribution in [0.1, 0.15) is 57.8 Å². The summed E-state index contributed by atoms with van der Waals surface area (Å²) in [5.74, 6) is 2.77. The van der Waals surface area contributed by atoms with Crippen molar-refractivity contribution in [3.05, 3.63) is 0 Å². The summed E-state index contributed by atoms with van der Waals surface area (Å²) in [5, 5.41) is 0. The number of hydrogen-bond donors (Lipinski definition) is 0. The topological polar surface area (TPSA) is 60.9 Å². The van der Waals surface area contributed by atoms with E-state index in [1.807, 2.05) is 0 Å². The van der Waals surface area contributed by atoms with Gasteiger partial charge in [0.1, 0.15) is 0 Å². The van der Waals surface area contributed by atoms with Crippen molar-refractivity contribution >= 4 is 17.7 Å². The first-order chi connectivity index (χ1) is 13.5. The third-order valence-corrected chi connectivity index (χ3v) is 8.61. The third-order valence-electron chi connectivity index (χ3n) is 8.61. The zero-order valence-corrected chi connectivity index (χ0v) is 16.6. The second kappa shape index (κ2) is 6.04. The van der Waals surface area contributed by atoms with E-state index in [1.54, 1.807) is 0 Å². The van der Waals surface area contributed by atoms with Crippen LogP contribution in [0.25, 0.3) is 0 Å². The number of carbonyl (C=O) groups is 3. The van der Waals surface area contributed by atoms with Gasteiger partial charge in [-0.25, -0.2) is 0 Å². The molecule has 0 spiro atoms. The van der Waals surface area contributed by atoms with Gasteiger partial charge in [-0.2, -0.15) is 0 Å². The number of rotatable bonds is 3. The lowest BCUT2D eigenvalue weighted by Gasteiger charge is -2.57. The summed E-state index contributed by atoms with van der Waals surface area (Å²) in [6.45, 7) is 2.87. The summed E-state index contributed by atoms with van der Waals surface area (Å²) in [4.78, 5) is 44.3. The Balaban J connectivity index is 1.11. The fourth-order valence-electron chi connectivity index (χ4n) is 7.58. The Morgan fingerprint density at radius 1 is 0.857 bits per heavy atom. The minimum absolute atomic E-state index is 0.00423. The molecule has 7 rings (SSSR count).